The molecule has 0 aliphatic heterocycles. The minimum atomic E-state index is -1.26. The average Bonchev–Trinajstić information content (AvgIpc) is 2.63. The van der Waals surface area contributed by atoms with Crippen LogP contribution in [0, 0.1) is 6.92 Å². The predicted octanol–water partition coefficient (Wildman–Crippen LogP) is 0.795. The maximum atomic E-state index is 11.2. The lowest BCUT2D eigenvalue weighted by Gasteiger charge is -2.25. The molecule has 0 radical (unpaired) electrons. The molecule has 84 valence electrons. The normalized spacial score (nSPS) is 13.7. The zero-order chi connectivity index (χ0) is 11.6. The third-order valence-electron chi connectivity index (χ3n) is 2.40. The molecule has 0 saturated heterocycles. The number of hydrogen-bond donors (Lipinski definition) is 1. The summed E-state index contributed by atoms with van der Waals surface area (Å²) in [6, 6.07) is 1.69. The first-order valence-electron chi connectivity index (χ1n) is 4.59. The fourth-order valence-electron chi connectivity index (χ4n) is 1.22. The Hall–Kier alpha value is -1.36. The van der Waals surface area contributed by atoms with Crippen LogP contribution in [-0.2, 0) is 14.9 Å². The van der Waals surface area contributed by atoms with Crippen LogP contribution in [-0.4, -0.2) is 29.4 Å². The van der Waals surface area contributed by atoms with Gasteiger partial charge in [-0.1, -0.05) is 19.0 Å². The van der Waals surface area contributed by atoms with E-state index in [0.717, 1.165) is 0 Å². The Kier molecular flexibility index (Phi) is 3.14. The molecule has 1 unspecified atom stereocenters. The molecule has 0 fully saturated rings. The Labute approximate surface area is 88.0 Å². The average molecular weight is 213 g/mol. The van der Waals surface area contributed by atoms with Crippen LogP contribution in [0.4, 0.5) is 0 Å². The molecule has 0 saturated carbocycles. The van der Waals surface area contributed by atoms with Gasteiger partial charge in [-0.3, -0.25) is 0 Å². The van der Waals surface area contributed by atoms with Crippen molar-refractivity contribution in [1.82, 2.24) is 5.16 Å². The molecule has 1 N–H and O–H groups in total. The largest absolute Gasteiger partial charge is 0.467 e. The summed E-state index contributed by atoms with van der Waals surface area (Å²) in [6.45, 7) is 5.15. The van der Waals surface area contributed by atoms with Gasteiger partial charge < -0.3 is 14.4 Å². The van der Waals surface area contributed by atoms with Crippen molar-refractivity contribution in [2.45, 2.75) is 32.3 Å². The number of rotatable bonds is 3. The number of carbonyl (C=O) groups excluding carboxylic acids is 1. The molecule has 1 aromatic rings. The zero-order valence-electron chi connectivity index (χ0n) is 9.27. The number of esters is 1. The molecule has 0 aliphatic rings. The number of carbonyl (C=O) groups is 1. The van der Waals surface area contributed by atoms with E-state index in [2.05, 4.69) is 9.89 Å². The molecule has 1 aromatic heterocycles. The molecule has 0 spiro atoms. The summed E-state index contributed by atoms with van der Waals surface area (Å²) in [5.41, 5.74) is -0.303. The lowest BCUT2D eigenvalue weighted by molar-refractivity contribution is -0.154. The highest BCUT2D eigenvalue weighted by atomic mass is 16.5. The van der Waals surface area contributed by atoms with Gasteiger partial charge in [0.1, 0.15) is 5.76 Å². The Bertz CT molecular complexity index is 356. The van der Waals surface area contributed by atoms with E-state index in [1.54, 1.807) is 26.8 Å². The van der Waals surface area contributed by atoms with E-state index < -0.39 is 17.5 Å². The molecule has 1 heterocycles. The topological polar surface area (TPSA) is 72.6 Å². The quantitative estimate of drug-likeness (QED) is 0.752. The highest BCUT2D eigenvalue weighted by Crippen LogP contribution is 2.27. The van der Waals surface area contributed by atoms with Gasteiger partial charge in [0, 0.05) is 11.5 Å². The number of methoxy groups -OCH3 is 1. The molecule has 15 heavy (non-hydrogen) atoms. The van der Waals surface area contributed by atoms with Crippen molar-refractivity contribution in [3.63, 3.8) is 0 Å². The minimum Gasteiger partial charge on any atom is -0.467 e. The second-order valence-corrected chi connectivity index (χ2v) is 3.97. The number of aromatic nitrogens is 1. The number of aliphatic hydroxyl groups is 1. The van der Waals surface area contributed by atoms with E-state index in [9.17, 15) is 9.90 Å². The van der Waals surface area contributed by atoms with Gasteiger partial charge in [-0.05, 0) is 6.92 Å². The summed E-state index contributed by atoms with van der Waals surface area (Å²) >= 11 is 0. The summed E-state index contributed by atoms with van der Waals surface area (Å²) in [6.07, 6.45) is -1.26. The lowest BCUT2D eigenvalue weighted by Crippen LogP contribution is -2.40. The van der Waals surface area contributed by atoms with E-state index in [4.69, 9.17) is 4.52 Å². The molecule has 5 nitrogen and oxygen atoms in total. The van der Waals surface area contributed by atoms with E-state index in [0.29, 0.717) is 11.5 Å². The van der Waals surface area contributed by atoms with E-state index >= 15 is 0 Å². The van der Waals surface area contributed by atoms with Gasteiger partial charge in [-0.2, -0.15) is 0 Å². The number of ether oxygens (including phenoxy) is 1. The summed E-state index contributed by atoms with van der Waals surface area (Å²) in [7, 11) is 1.23. The van der Waals surface area contributed by atoms with Crippen LogP contribution < -0.4 is 0 Å². The number of aliphatic hydroxyl groups excluding tert-OH is 1. The molecule has 0 bridgehead atoms. The first-order valence-corrected chi connectivity index (χ1v) is 4.59. The molecule has 5 heteroatoms. The molecule has 1 rings (SSSR count). The van der Waals surface area contributed by atoms with Crippen LogP contribution in [0.5, 0.6) is 0 Å². The third-order valence-corrected chi connectivity index (χ3v) is 2.40. The van der Waals surface area contributed by atoms with Gasteiger partial charge in [0.05, 0.1) is 12.8 Å². The number of hydrogen-bond acceptors (Lipinski definition) is 5. The van der Waals surface area contributed by atoms with Crippen molar-refractivity contribution >= 4 is 5.97 Å². The fourth-order valence-corrected chi connectivity index (χ4v) is 1.22. The number of aryl methyl sites for hydroxylation is 1. The maximum absolute atomic E-state index is 11.2. The summed E-state index contributed by atoms with van der Waals surface area (Å²) in [5.74, 6) is -0.0456. The molecular weight excluding hydrogens is 198 g/mol. The maximum Gasteiger partial charge on any atom is 0.335 e. The van der Waals surface area contributed by atoms with Crippen molar-refractivity contribution in [3.8, 4) is 0 Å². The van der Waals surface area contributed by atoms with Crippen molar-refractivity contribution < 1.29 is 19.2 Å². The Morgan fingerprint density at radius 3 is 2.67 bits per heavy atom. The number of nitrogens with zero attached hydrogens (tertiary/aromatic N) is 1. The Morgan fingerprint density at radius 2 is 2.27 bits per heavy atom. The minimum absolute atomic E-state index is 0.526. The van der Waals surface area contributed by atoms with Gasteiger partial charge in [0.15, 0.2) is 6.10 Å². The van der Waals surface area contributed by atoms with Gasteiger partial charge >= 0.3 is 5.97 Å². The van der Waals surface area contributed by atoms with E-state index in [-0.39, 0.29) is 0 Å². The molecule has 1 atom stereocenters. The SMILES string of the molecule is COC(=O)C(O)C(C)(C)c1cc(C)on1. The third kappa shape index (κ3) is 2.18. The van der Waals surface area contributed by atoms with Crippen molar-refractivity contribution in [2.75, 3.05) is 7.11 Å². The first kappa shape index (κ1) is 11.7. The second-order valence-electron chi connectivity index (χ2n) is 3.97. The zero-order valence-corrected chi connectivity index (χ0v) is 9.27. The van der Waals surface area contributed by atoms with E-state index in [1.807, 2.05) is 0 Å². The van der Waals surface area contributed by atoms with Gasteiger partial charge in [-0.25, -0.2) is 4.79 Å². The van der Waals surface area contributed by atoms with Crippen LogP contribution in [0.1, 0.15) is 25.3 Å². The lowest BCUT2D eigenvalue weighted by atomic mass is 9.83. The van der Waals surface area contributed by atoms with Crippen LogP contribution >= 0.6 is 0 Å². The predicted molar refractivity (Wildman–Crippen MR) is 52.3 cm³/mol. The first-order chi connectivity index (χ1) is 6.89. The monoisotopic (exact) mass is 213 g/mol. The second kappa shape index (κ2) is 4.02. The summed E-state index contributed by atoms with van der Waals surface area (Å²) in [4.78, 5) is 11.2. The van der Waals surface area contributed by atoms with Gasteiger partial charge in [0.25, 0.3) is 0 Å². The van der Waals surface area contributed by atoms with Crippen LogP contribution in [0.15, 0.2) is 10.6 Å². The fraction of sp³-hybridized carbons (Fsp3) is 0.600. The van der Waals surface area contributed by atoms with Crippen molar-refractivity contribution in [2.24, 2.45) is 0 Å². The van der Waals surface area contributed by atoms with Crippen LogP contribution in [0.3, 0.4) is 0 Å². The smallest absolute Gasteiger partial charge is 0.335 e. The Morgan fingerprint density at radius 1 is 1.67 bits per heavy atom. The van der Waals surface area contributed by atoms with Crippen molar-refractivity contribution in [3.05, 3.63) is 17.5 Å². The molecular formula is C10H15NO4. The van der Waals surface area contributed by atoms with Crippen molar-refractivity contribution in [1.29, 1.82) is 0 Å². The molecule has 0 aliphatic carbocycles. The van der Waals surface area contributed by atoms with Crippen LogP contribution in [0.2, 0.25) is 0 Å². The standard InChI is InChI=1S/C10H15NO4/c1-6-5-7(11-15-6)10(2,3)8(12)9(13)14-4/h5,8,12H,1-4H3. The molecule has 0 aromatic carbocycles. The summed E-state index contributed by atoms with van der Waals surface area (Å²) in [5, 5.41) is 13.5. The van der Waals surface area contributed by atoms with E-state index in [1.165, 1.54) is 7.11 Å². The summed E-state index contributed by atoms with van der Waals surface area (Å²) < 4.78 is 9.38. The highest BCUT2D eigenvalue weighted by molar-refractivity contribution is 5.76. The van der Waals surface area contributed by atoms with Gasteiger partial charge in [-0.15, -0.1) is 0 Å². The molecule has 0 amide bonds. The Balaban J connectivity index is 2.96. The van der Waals surface area contributed by atoms with Crippen LogP contribution in [0.25, 0.3) is 0 Å². The highest BCUT2D eigenvalue weighted by Gasteiger charge is 2.38. The van der Waals surface area contributed by atoms with Gasteiger partial charge in [0.2, 0.25) is 0 Å².